The molecule has 1 aliphatic carbocycles. The summed E-state index contributed by atoms with van der Waals surface area (Å²) in [4.78, 5) is -0.0278. The van der Waals surface area contributed by atoms with Crippen molar-refractivity contribution in [1.29, 1.82) is 0 Å². The molecule has 296 valence electrons. The minimum absolute atomic E-state index is 0.0192. The monoisotopic (exact) mass is 772 g/mol. The molecule has 2 heterocycles. The molecule has 0 aromatic heterocycles. The molecule has 2 aromatic rings. The molecular weight excluding hydrogens is 709 g/mol. The summed E-state index contributed by atoms with van der Waals surface area (Å²) >= 11 is 0. The van der Waals surface area contributed by atoms with Crippen molar-refractivity contribution in [1.82, 2.24) is 0 Å². The number of benzene rings is 2. The SMILES string of the molecule is C#CCC[C@H]1[C@H](C(CCCOc2ccccc2)OC2CCCCO2)[C@@H](OC2CCCCO2)C[C@H]1O[Si](C)(C)C(C)(C)C.Cc1ccccc1S(=O)(=O)O. The topological polar surface area (TPSA) is 110 Å². The minimum Gasteiger partial charge on any atom is -0.494 e. The van der Waals surface area contributed by atoms with E-state index in [2.05, 4.69) is 39.8 Å². The number of hydrogen-bond donors (Lipinski definition) is 1. The molecule has 1 saturated carbocycles. The smallest absolute Gasteiger partial charge is 0.294 e. The first-order chi connectivity index (χ1) is 25.2. The first-order valence-corrected chi connectivity index (χ1v) is 23.9. The molecular formula is C42H64O9SSi. The summed E-state index contributed by atoms with van der Waals surface area (Å²) < 4.78 is 69.1. The molecule has 3 unspecified atom stereocenters. The Hall–Kier alpha value is -2.27. The summed E-state index contributed by atoms with van der Waals surface area (Å²) in [6.45, 7) is 15.4. The summed E-state index contributed by atoms with van der Waals surface area (Å²) in [5.41, 5.74) is 0.551. The number of para-hydroxylation sites is 1. The predicted octanol–water partition coefficient (Wildman–Crippen LogP) is 9.35. The van der Waals surface area contributed by atoms with Gasteiger partial charge in [-0.05, 0) is 119 Å². The third-order valence-electron chi connectivity index (χ3n) is 11.1. The number of rotatable bonds is 15. The Kier molecular flexibility index (Phi) is 16.9. The Morgan fingerprint density at radius 3 is 2.15 bits per heavy atom. The normalized spacial score (nSPS) is 25.8. The van der Waals surface area contributed by atoms with E-state index in [0.29, 0.717) is 12.2 Å². The maximum absolute atomic E-state index is 10.6. The van der Waals surface area contributed by atoms with Crippen molar-refractivity contribution in [2.75, 3.05) is 19.8 Å². The molecule has 5 rings (SSSR count). The van der Waals surface area contributed by atoms with E-state index in [-0.39, 0.29) is 52.7 Å². The minimum atomic E-state index is -4.03. The first-order valence-electron chi connectivity index (χ1n) is 19.6. The van der Waals surface area contributed by atoms with Crippen molar-refractivity contribution in [2.45, 2.75) is 152 Å². The van der Waals surface area contributed by atoms with Crippen LogP contribution < -0.4 is 4.74 Å². The van der Waals surface area contributed by atoms with Crippen molar-refractivity contribution >= 4 is 18.4 Å². The second-order valence-corrected chi connectivity index (χ2v) is 22.3. The summed E-state index contributed by atoms with van der Waals surface area (Å²) in [5.74, 6) is 4.20. The lowest BCUT2D eigenvalue weighted by molar-refractivity contribution is -0.232. The van der Waals surface area contributed by atoms with Crippen molar-refractivity contribution in [3.63, 3.8) is 0 Å². The maximum atomic E-state index is 10.6. The average Bonchev–Trinajstić information content (AvgIpc) is 3.44. The number of aryl methyl sites for hydroxylation is 1. The highest BCUT2D eigenvalue weighted by Gasteiger charge is 2.52. The fourth-order valence-electron chi connectivity index (χ4n) is 7.28. The van der Waals surface area contributed by atoms with E-state index >= 15 is 0 Å². The Labute approximate surface area is 320 Å². The molecule has 0 radical (unpaired) electrons. The largest absolute Gasteiger partial charge is 0.494 e. The lowest BCUT2D eigenvalue weighted by Crippen LogP contribution is -2.46. The molecule has 0 spiro atoms. The summed E-state index contributed by atoms with van der Waals surface area (Å²) in [7, 11) is -6.07. The lowest BCUT2D eigenvalue weighted by Gasteiger charge is -2.41. The van der Waals surface area contributed by atoms with Gasteiger partial charge in [0.05, 0.1) is 29.8 Å². The van der Waals surface area contributed by atoms with Gasteiger partial charge in [0.15, 0.2) is 20.9 Å². The van der Waals surface area contributed by atoms with Gasteiger partial charge in [-0.3, -0.25) is 4.55 Å². The third kappa shape index (κ3) is 13.5. The highest BCUT2D eigenvalue weighted by molar-refractivity contribution is 7.85. The van der Waals surface area contributed by atoms with Gasteiger partial charge in [0.1, 0.15) is 5.75 Å². The van der Waals surface area contributed by atoms with Gasteiger partial charge in [-0.1, -0.05) is 57.2 Å². The quantitative estimate of drug-likeness (QED) is 0.0820. The molecule has 2 aliphatic heterocycles. The van der Waals surface area contributed by atoms with E-state index in [1.54, 1.807) is 25.1 Å². The Balaban J connectivity index is 0.000000488. The van der Waals surface area contributed by atoms with Crippen LogP contribution in [0, 0.1) is 31.1 Å². The fraction of sp³-hybridized carbons (Fsp3) is 0.667. The van der Waals surface area contributed by atoms with Gasteiger partial charge in [-0.25, -0.2) is 0 Å². The van der Waals surface area contributed by atoms with Crippen molar-refractivity contribution in [2.24, 2.45) is 11.8 Å². The van der Waals surface area contributed by atoms with E-state index < -0.39 is 18.4 Å². The highest BCUT2D eigenvalue weighted by Crippen LogP contribution is 2.48. The van der Waals surface area contributed by atoms with Gasteiger partial charge in [0.2, 0.25) is 0 Å². The van der Waals surface area contributed by atoms with E-state index in [1.807, 2.05) is 30.3 Å². The van der Waals surface area contributed by atoms with E-state index in [0.717, 1.165) is 89.6 Å². The van der Waals surface area contributed by atoms with E-state index in [1.165, 1.54) is 6.07 Å². The number of hydrogen-bond acceptors (Lipinski definition) is 8. The van der Waals surface area contributed by atoms with Crippen molar-refractivity contribution in [3.05, 3.63) is 60.2 Å². The van der Waals surface area contributed by atoms with Gasteiger partial charge >= 0.3 is 0 Å². The molecule has 0 amide bonds. The van der Waals surface area contributed by atoms with Gasteiger partial charge in [0.25, 0.3) is 10.1 Å². The molecule has 1 N–H and O–H groups in total. The van der Waals surface area contributed by atoms with E-state index in [4.69, 9.17) is 39.1 Å². The molecule has 53 heavy (non-hydrogen) atoms. The second kappa shape index (κ2) is 20.6. The zero-order valence-electron chi connectivity index (χ0n) is 32.8. The van der Waals surface area contributed by atoms with E-state index in [9.17, 15) is 8.42 Å². The maximum Gasteiger partial charge on any atom is 0.294 e. The molecule has 2 saturated heterocycles. The summed E-state index contributed by atoms with van der Waals surface area (Å²) in [6, 6.07) is 16.3. The second-order valence-electron chi connectivity index (χ2n) is 16.1. The molecule has 0 bridgehead atoms. The van der Waals surface area contributed by atoms with Crippen LogP contribution in [0.25, 0.3) is 0 Å². The Morgan fingerprint density at radius 2 is 1.58 bits per heavy atom. The first kappa shape index (κ1) is 43.5. The average molecular weight is 773 g/mol. The van der Waals surface area contributed by atoms with Gasteiger partial charge in [-0.15, -0.1) is 12.3 Å². The zero-order valence-corrected chi connectivity index (χ0v) is 34.7. The van der Waals surface area contributed by atoms with Crippen LogP contribution in [-0.2, 0) is 33.5 Å². The van der Waals surface area contributed by atoms with Gasteiger partial charge in [0, 0.05) is 25.6 Å². The van der Waals surface area contributed by atoms with Crippen LogP contribution in [-0.4, -0.2) is 72.0 Å². The number of ether oxygens (including phenoxy) is 5. The van der Waals surface area contributed by atoms with Crippen LogP contribution in [0.5, 0.6) is 5.75 Å². The summed E-state index contributed by atoms with van der Waals surface area (Å²) in [5, 5.41) is 0.116. The molecule has 11 heteroatoms. The predicted molar refractivity (Wildman–Crippen MR) is 211 cm³/mol. The van der Waals surface area contributed by atoms with Crippen molar-refractivity contribution < 1.29 is 41.1 Å². The van der Waals surface area contributed by atoms with Gasteiger partial charge < -0.3 is 28.1 Å². The zero-order chi connectivity index (χ0) is 38.5. The molecule has 2 aromatic carbocycles. The van der Waals surface area contributed by atoms with Crippen LogP contribution in [0.2, 0.25) is 18.1 Å². The van der Waals surface area contributed by atoms with Crippen LogP contribution in [0.3, 0.4) is 0 Å². The van der Waals surface area contributed by atoms with Crippen LogP contribution in [0.1, 0.15) is 97.0 Å². The standard InChI is InChI=1S/C35H56O6Si.C7H8O3S/c1-7-8-19-28-30(41-42(5,6)35(2,3)4)26-31(40-33-22-13-15-24-38-33)34(28)29(39-32-21-12-14-23-37-32)20-16-25-36-27-17-10-9-11-18-27;1-6-4-2-3-5-7(6)11(8,9)10/h1,9-11,17-18,28-34H,8,12-16,19-26H2,2-6H3;2-5H,1H3,(H,8,9,10)/t28-,29?,30-,31+,32?,33?,34-;/m1./s1. The van der Waals surface area contributed by atoms with Crippen LogP contribution in [0.4, 0.5) is 0 Å². The fourth-order valence-corrected chi connectivity index (χ4v) is 9.39. The third-order valence-corrected chi connectivity index (χ3v) is 16.6. The Morgan fingerprint density at radius 1 is 0.943 bits per heavy atom. The van der Waals surface area contributed by atoms with Crippen LogP contribution in [0.15, 0.2) is 59.5 Å². The molecule has 9 nitrogen and oxygen atoms in total. The Bertz CT molecular complexity index is 1510. The molecule has 3 fully saturated rings. The number of terminal acetylenes is 1. The van der Waals surface area contributed by atoms with Crippen LogP contribution >= 0.6 is 0 Å². The lowest BCUT2D eigenvalue weighted by atomic mass is 9.83. The highest BCUT2D eigenvalue weighted by atomic mass is 32.2. The van der Waals surface area contributed by atoms with Gasteiger partial charge in [-0.2, -0.15) is 8.42 Å². The van der Waals surface area contributed by atoms with Crippen molar-refractivity contribution in [3.8, 4) is 18.1 Å². The summed E-state index contributed by atoms with van der Waals surface area (Å²) in [6.07, 6.45) is 16.1. The molecule has 7 atom stereocenters. The molecule has 3 aliphatic rings.